The van der Waals surface area contributed by atoms with Crippen LogP contribution >= 0.6 is 11.5 Å². The van der Waals surface area contributed by atoms with Gasteiger partial charge in [-0.15, -0.1) is 0 Å². The second kappa shape index (κ2) is 11.4. The maximum atomic E-state index is 13.9. The van der Waals surface area contributed by atoms with E-state index in [0.29, 0.717) is 11.3 Å². The number of methoxy groups -OCH3 is 1. The summed E-state index contributed by atoms with van der Waals surface area (Å²) in [7, 11) is 1.51. The summed E-state index contributed by atoms with van der Waals surface area (Å²) in [5.41, 5.74) is 12.9. The number of phenols is 1. The number of rotatable bonds is 10. The van der Waals surface area contributed by atoms with Gasteiger partial charge in [-0.3, -0.25) is 19.3 Å². The van der Waals surface area contributed by atoms with E-state index >= 15 is 0 Å². The lowest BCUT2D eigenvalue weighted by atomic mass is 10.0. The molecule has 35 heavy (non-hydrogen) atoms. The molecule has 1 aromatic heterocycles. The standard InChI is InChI=1S/C24H27N5O5S/c1-3-14-4-8-16(9-5-14)29(24(33)21-18(25)19(22(26)31)28-35-21)20(23(32)27-12-13-34-2)15-6-10-17(30)11-7-15/h4-11,20,30H,3,12-13,25H2,1-2H3,(H2,26,31)(H,27,32)/t20-/m1/s1. The molecule has 1 atom stereocenters. The Balaban J connectivity index is 2.17. The fourth-order valence-corrected chi connectivity index (χ4v) is 4.20. The van der Waals surface area contributed by atoms with Crippen molar-refractivity contribution >= 4 is 40.6 Å². The number of anilines is 2. The molecule has 3 rings (SSSR count). The van der Waals surface area contributed by atoms with Gasteiger partial charge in [0.1, 0.15) is 16.7 Å². The van der Waals surface area contributed by atoms with E-state index < -0.39 is 23.8 Å². The number of aromatic nitrogens is 1. The number of hydrogen-bond donors (Lipinski definition) is 4. The van der Waals surface area contributed by atoms with E-state index in [2.05, 4.69) is 9.69 Å². The Morgan fingerprint density at radius 2 is 1.80 bits per heavy atom. The summed E-state index contributed by atoms with van der Waals surface area (Å²) < 4.78 is 8.96. The third-order valence-electron chi connectivity index (χ3n) is 5.32. The maximum absolute atomic E-state index is 13.9. The average Bonchev–Trinajstić information content (AvgIpc) is 3.24. The summed E-state index contributed by atoms with van der Waals surface area (Å²) in [5.74, 6) is -1.95. The molecule has 11 heteroatoms. The average molecular weight is 498 g/mol. The van der Waals surface area contributed by atoms with Crippen molar-refractivity contribution in [2.24, 2.45) is 5.73 Å². The first-order chi connectivity index (χ1) is 16.8. The molecule has 0 spiro atoms. The zero-order valence-electron chi connectivity index (χ0n) is 19.4. The molecule has 0 saturated carbocycles. The lowest BCUT2D eigenvalue weighted by molar-refractivity contribution is -0.122. The van der Waals surface area contributed by atoms with E-state index in [1.165, 1.54) is 24.1 Å². The lowest BCUT2D eigenvalue weighted by Crippen LogP contribution is -2.44. The summed E-state index contributed by atoms with van der Waals surface area (Å²) in [4.78, 5) is 40.3. The van der Waals surface area contributed by atoms with Gasteiger partial charge in [-0.1, -0.05) is 31.2 Å². The molecule has 0 aliphatic carbocycles. The van der Waals surface area contributed by atoms with Crippen molar-refractivity contribution in [1.82, 2.24) is 9.69 Å². The van der Waals surface area contributed by atoms with E-state index in [1.54, 1.807) is 24.3 Å². The van der Waals surface area contributed by atoms with E-state index in [-0.39, 0.29) is 35.2 Å². The number of phenolic OH excluding ortho intramolecular Hbond substituents is 1. The first-order valence-corrected chi connectivity index (χ1v) is 11.6. The molecule has 0 unspecified atom stereocenters. The molecular weight excluding hydrogens is 470 g/mol. The van der Waals surface area contributed by atoms with Gasteiger partial charge < -0.3 is 26.6 Å². The predicted molar refractivity (Wildman–Crippen MR) is 133 cm³/mol. The Kier molecular flexibility index (Phi) is 8.39. The Morgan fingerprint density at radius 3 is 2.34 bits per heavy atom. The van der Waals surface area contributed by atoms with Crippen molar-refractivity contribution in [2.75, 3.05) is 30.9 Å². The molecule has 10 nitrogen and oxygen atoms in total. The van der Waals surface area contributed by atoms with Gasteiger partial charge in [0.15, 0.2) is 5.69 Å². The number of nitrogen functional groups attached to an aromatic ring is 1. The lowest BCUT2D eigenvalue weighted by Gasteiger charge is -2.31. The number of benzene rings is 2. The highest BCUT2D eigenvalue weighted by Crippen LogP contribution is 2.33. The summed E-state index contributed by atoms with van der Waals surface area (Å²) in [6.07, 6.45) is 0.789. The molecule has 0 fully saturated rings. The summed E-state index contributed by atoms with van der Waals surface area (Å²) in [5, 5.41) is 12.6. The number of carbonyl (C=O) groups is 3. The number of aryl methyl sites for hydroxylation is 1. The van der Waals surface area contributed by atoms with E-state index in [1.807, 2.05) is 19.1 Å². The zero-order chi connectivity index (χ0) is 25.5. The Morgan fingerprint density at radius 1 is 1.14 bits per heavy atom. The van der Waals surface area contributed by atoms with Crippen LogP contribution < -0.4 is 21.7 Å². The van der Waals surface area contributed by atoms with Crippen molar-refractivity contribution in [3.8, 4) is 5.75 Å². The highest BCUT2D eigenvalue weighted by atomic mass is 32.1. The van der Waals surface area contributed by atoms with Crippen LogP contribution in [0.1, 0.15) is 44.3 Å². The Bertz CT molecular complexity index is 1190. The number of carbonyl (C=O) groups excluding carboxylic acids is 3. The van der Waals surface area contributed by atoms with Gasteiger partial charge in [0.2, 0.25) is 5.91 Å². The second-order valence-electron chi connectivity index (χ2n) is 7.61. The van der Waals surface area contributed by atoms with E-state index in [0.717, 1.165) is 23.5 Å². The van der Waals surface area contributed by atoms with Gasteiger partial charge in [-0.05, 0) is 53.3 Å². The minimum atomic E-state index is -1.13. The quantitative estimate of drug-likeness (QED) is 0.312. The first-order valence-electron chi connectivity index (χ1n) is 10.8. The largest absolute Gasteiger partial charge is 0.508 e. The van der Waals surface area contributed by atoms with Crippen molar-refractivity contribution < 1.29 is 24.2 Å². The zero-order valence-corrected chi connectivity index (χ0v) is 20.2. The number of aromatic hydroxyl groups is 1. The molecule has 3 amide bonds. The van der Waals surface area contributed by atoms with Crippen LogP contribution in [0.3, 0.4) is 0 Å². The number of primary amides is 1. The molecule has 1 heterocycles. The molecule has 0 aliphatic heterocycles. The van der Waals surface area contributed by atoms with Crippen LogP contribution in [-0.4, -0.2) is 47.5 Å². The predicted octanol–water partition coefficient (Wildman–Crippen LogP) is 2.24. The summed E-state index contributed by atoms with van der Waals surface area (Å²) in [6.45, 7) is 2.50. The summed E-state index contributed by atoms with van der Waals surface area (Å²) in [6, 6.07) is 12.0. The smallest absolute Gasteiger partial charge is 0.273 e. The minimum Gasteiger partial charge on any atom is -0.508 e. The van der Waals surface area contributed by atoms with E-state index in [4.69, 9.17) is 16.2 Å². The fourth-order valence-electron chi connectivity index (χ4n) is 3.46. The third-order valence-corrected chi connectivity index (χ3v) is 6.17. The molecule has 0 aliphatic rings. The van der Waals surface area contributed by atoms with Crippen LogP contribution in [0.15, 0.2) is 48.5 Å². The van der Waals surface area contributed by atoms with Crippen molar-refractivity contribution in [2.45, 2.75) is 19.4 Å². The van der Waals surface area contributed by atoms with Crippen LogP contribution in [0.4, 0.5) is 11.4 Å². The molecular formula is C24H27N5O5S. The van der Waals surface area contributed by atoms with Crippen molar-refractivity contribution in [3.05, 3.63) is 70.2 Å². The molecule has 2 aromatic carbocycles. The van der Waals surface area contributed by atoms with Crippen LogP contribution in [-0.2, 0) is 16.0 Å². The number of amides is 3. The van der Waals surface area contributed by atoms with Gasteiger partial charge in [-0.25, -0.2) is 0 Å². The number of nitrogens with one attached hydrogen (secondary N) is 1. The Labute approximate surface area is 206 Å². The second-order valence-corrected chi connectivity index (χ2v) is 8.38. The minimum absolute atomic E-state index is 0.00951. The van der Waals surface area contributed by atoms with Gasteiger partial charge in [0.05, 0.1) is 12.3 Å². The van der Waals surface area contributed by atoms with E-state index in [9.17, 15) is 19.5 Å². The Hall–Kier alpha value is -3.96. The normalized spacial score (nSPS) is 11.6. The highest BCUT2D eigenvalue weighted by Gasteiger charge is 2.36. The topological polar surface area (TPSA) is 161 Å². The van der Waals surface area contributed by atoms with Gasteiger partial charge in [0, 0.05) is 19.3 Å². The molecule has 184 valence electrons. The first kappa shape index (κ1) is 25.7. The highest BCUT2D eigenvalue weighted by molar-refractivity contribution is 7.09. The van der Waals surface area contributed by atoms with Crippen LogP contribution in [0, 0.1) is 0 Å². The van der Waals surface area contributed by atoms with Crippen LogP contribution in [0.25, 0.3) is 0 Å². The van der Waals surface area contributed by atoms with Crippen LogP contribution in [0.2, 0.25) is 0 Å². The van der Waals surface area contributed by atoms with Crippen molar-refractivity contribution in [1.29, 1.82) is 0 Å². The molecule has 0 bridgehead atoms. The molecule has 6 N–H and O–H groups in total. The molecule has 3 aromatic rings. The van der Waals surface area contributed by atoms with Gasteiger partial charge in [0.25, 0.3) is 11.8 Å². The third kappa shape index (κ3) is 5.76. The maximum Gasteiger partial charge on any atom is 0.273 e. The van der Waals surface area contributed by atoms with Gasteiger partial charge in [-0.2, -0.15) is 4.37 Å². The van der Waals surface area contributed by atoms with Gasteiger partial charge >= 0.3 is 0 Å². The SMILES string of the molecule is CCc1ccc(N(C(=O)c2snc(C(N)=O)c2N)[C@@H](C(=O)NCCOC)c2ccc(O)cc2)cc1. The van der Waals surface area contributed by atoms with Crippen LogP contribution in [0.5, 0.6) is 5.75 Å². The number of hydrogen-bond acceptors (Lipinski definition) is 8. The number of nitrogens with zero attached hydrogens (tertiary/aromatic N) is 2. The monoisotopic (exact) mass is 497 g/mol. The van der Waals surface area contributed by atoms with Crippen molar-refractivity contribution in [3.63, 3.8) is 0 Å². The fraction of sp³-hybridized carbons (Fsp3) is 0.250. The number of ether oxygens (including phenoxy) is 1. The number of nitrogens with two attached hydrogens (primary N) is 2. The molecule has 0 radical (unpaired) electrons. The molecule has 0 saturated heterocycles. The summed E-state index contributed by atoms with van der Waals surface area (Å²) >= 11 is 0.733.